The van der Waals surface area contributed by atoms with E-state index in [1.165, 1.54) is 18.2 Å². The van der Waals surface area contributed by atoms with Gasteiger partial charge in [-0.3, -0.25) is 0 Å². The summed E-state index contributed by atoms with van der Waals surface area (Å²) in [4.78, 5) is 11.7. The summed E-state index contributed by atoms with van der Waals surface area (Å²) in [5, 5.41) is 5.22. The summed E-state index contributed by atoms with van der Waals surface area (Å²) < 4.78 is 30.4. The van der Waals surface area contributed by atoms with Crippen LogP contribution in [0.4, 0.5) is 10.5 Å². The number of carbonyl (C=O) groups is 1. The molecule has 0 saturated carbocycles. The highest BCUT2D eigenvalue weighted by molar-refractivity contribution is 7.87. The number of anilines is 1. The minimum absolute atomic E-state index is 0.0398. The number of halogens is 1. The van der Waals surface area contributed by atoms with Crippen molar-refractivity contribution in [2.24, 2.45) is 0 Å². The second kappa shape index (κ2) is 9.45. The van der Waals surface area contributed by atoms with Gasteiger partial charge in [-0.1, -0.05) is 31.2 Å². The van der Waals surface area contributed by atoms with Crippen LogP contribution in [-0.4, -0.2) is 26.9 Å². The van der Waals surface area contributed by atoms with E-state index in [9.17, 15) is 13.2 Å². The normalized spacial score (nSPS) is 11.0. The maximum absolute atomic E-state index is 12.6. The number of nitrogens with one attached hydrogen (secondary N) is 2. The summed E-state index contributed by atoms with van der Waals surface area (Å²) >= 11 is 5.55. The Bertz CT molecular complexity index is 856. The minimum atomic E-state index is -4.01. The molecular formula is C18H21ClN2O4S. The van der Waals surface area contributed by atoms with Crippen LogP contribution < -0.4 is 14.8 Å². The molecule has 0 aliphatic heterocycles. The zero-order chi connectivity index (χ0) is 19.0. The van der Waals surface area contributed by atoms with Crippen LogP contribution in [0.25, 0.3) is 0 Å². The van der Waals surface area contributed by atoms with E-state index in [1.807, 2.05) is 19.1 Å². The van der Waals surface area contributed by atoms with Gasteiger partial charge in [-0.2, -0.15) is 8.42 Å². The van der Waals surface area contributed by atoms with Crippen LogP contribution in [0.2, 0.25) is 0 Å². The molecule has 0 aliphatic rings. The first-order chi connectivity index (χ1) is 12.5. The molecule has 6 nitrogen and oxygen atoms in total. The van der Waals surface area contributed by atoms with E-state index in [4.69, 9.17) is 15.8 Å². The average Bonchev–Trinajstić information content (AvgIpc) is 2.62. The third-order valence-electron chi connectivity index (χ3n) is 3.53. The summed E-state index contributed by atoms with van der Waals surface area (Å²) in [7, 11) is -4.01. The fourth-order valence-corrected chi connectivity index (χ4v) is 3.36. The van der Waals surface area contributed by atoms with Gasteiger partial charge in [0.05, 0.1) is 0 Å². The molecule has 0 radical (unpaired) electrons. The molecule has 26 heavy (non-hydrogen) atoms. The van der Waals surface area contributed by atoms with E-state index in [0.717, 1.165) is 5.56 Å². The molecule has 2 rings (SSSR count). The van der Waals surface area contributed by atoms with Gasteiger partial charge in [-0.05, 0) is 42.7 Å². The Morgan fingerprint density at radius 1 is 1.15 bits per heavy atom. The second-order valence-electron chi connectivity index (χ2n) is 5.45. The number of carbonyl (C=O) groups excluding carboxylic acids is 1. The maximum atomic E-state index is 12.6. The number of benzene rings is 2. The number of aryl methyl sites for hydroxylation is 1. The Balaban J connectivity index is 2.13. The van der Waals surface area contributed by atoms with E-state index in [-0.39, 0.29) is 4.90 Å². The molecule has 0 spiro atoms. The largest absolute Gasteiger partial charge is 0.379 e. The molecule has 0 heterocycles. The molecule has 140 valence electrons. The summed E-state index contributed by atoms with van der Waals surface area (Å²) in [5.74, 6) is 0.747. The summed E-state index contributed by atoms with van der Waals surface area (Å²) in [5.41, 5.74) is 1.14. The van der Waals surface area contributed by atoms with Crippen LogP contribution in [0.1, 0.15) is 18.9 Å². The average molecular weight is 397 g/mol. The van der Waals surface area contributed by atoms with Crippen LogP contribution in [0.3, 0.4) is 0 Å². The Labute approximate surface area is 158 Å². The quantitative estimate of drug-likeness (QED) is 0.404. The molecule has 2 amide bonds. The Hall–Kier alpha value is -2.25. The van der Waals surface area contributed by atoms with Gasteiger partial charge in [0.2, 0.25) is 0 Å². The Kier molecular flexibility index (Phi) is 7.29. The second-order valence-corrected chi connectivity index (χ2v) is 7.37. The van der Waals surface area contributed by atoms with Crippen molar-refractivity contribution in [2.75, 3.05) is 17.7 Å². The lowest BCUT2D eigenvalue weighted by Gasteiger charge is -2.12. The molecular weight excluding hydrogens is 376 g/mol. The molecule has 8 heteroatoms. The van der Waals surface area contributed by atoms with Gasteiger partial charge in [0.15, 0.2) is 0 Å². The molecule has 2 N–H and O–H groups in total. The van der Waals surface area contributed by atoms with E-state index in [1.54, 1.807) is 18.2 Å². The predicted octanol–water partition coefficient (Wildman–Crippen LogP) is 3.77. The van der Waals surface area contributed by atoms with Crippen molar-refractivity contribution in [3.8, 4) is 5.75 Å². The number of hydrogen-bond acceptors (Lipinski definition) is 4. The lowest BCUT2D eigenvalue weighted by molar-refractivity contribution is 0.252. The lowest BCUT2D eigenvalue weighted by Crippen LogP contribution is -2.29. The molecule has 0 aliphatic carbocycles. The van der Waals surface area contributed by atoms with Gasteiger partial charge in [-0.25, -0.2) is 4.79 Å². The molecule has 0 atom stereocenters. The van der Waals surface area contributed by atoms with E-state index in [0.29, 0.717) is 36.7 Å². The molecule has 0 bridgehead atoms. The minimum Gasteiger partial charge on any atom is -0.379 e. The van der Waals surface area contributed by atoms with Crippen molar-refractivity contribution in [3.63, 3.8) is 0 Å². The lowest BCUT2D eigenvalue weighted by atomic mass is 10.1. The highest BCUT2D eigenvalue weighted by Gasteiger charge is 2.19. The molecule has 0 saturated heterocycles. The SMILES string of the molecule is CCc1ccccc1OS(=O)(=O)c1cccc(NC(=O)NCCCCl)c1. The zero-order valence-electron chi connectivity index (χ0n) is 14.4. The van der Waals surface area contributed by atoms with Crippen molar-refractivity contribution >= 4 is 33.4 Å². The van der Waals surface area contributed by atoms with Crippen molar-refractivity contribution in [2.45, 2.75) is 24.7 Å². The van der Waals surface area contributed by atoms with Crippen molar-refractivity contribution < 1.29 is 17.4 Å². The monoisotopic (exact) mass is 396 g/mol. The van der Waals surface area contributed by atoms with E-state index in [2.05, 4.69) is 10.6 Å². The smallest absolute Gasteiger partial charge is 0.339 e. The third-order valence-corrected chi connectivity index (χ3v) is 5.03. The summed E-state index contributed by atoms with van der Waals surface area (Å²) in [6.45, 7) is 2.35. The standard InChI is InChI=1S/C18H21ClN2O4S/c1-2-14-7-3-4-10-17(14)25-26(23,24)16-9-5-8-15(13-16)21-18(22)20-12-6-11-19/h3-5,7-10,13H,2,6,11-12H2,1H3,(H2,20,21,22). The van der Waals surface area contributed by atoms with Crippen molar-refractivity contribution in [1.82, 2.24) is 5.32 Å². The highest BCUT2D eigenvalue weighted by atomic mass is 35.5. The topological polar surface area (TPSA) is 84.5 Å². The first kappa shape index (κ1) is 20.1. The van der Waals surface area contributed by atoms with Gasteiger partial charge in [0, 0.05) is 18.1 Å². The van der Waals surface area contributed by atoms with E-state index < -0.39 is 16.1 Å². The molecule has 2 aromatic carbocycles. The number of para-hydroxylation sites is 1. The highest BCUT2D eigenvalue weighted by Crippen LogP contribution is 2.24. The van der Waals surface area contributed by atoms with Crippen LogP contribution >= 0.6 is 11.6 Å². The molecule has 2 aromatic rings. The van der Waals surface area contributed by atoms with Crippen LogP contribution in [0.15, 0.2) is 53.4 Å². The fraction of sp³-hybridized carbons (Fsp3) is 0.278. The first-order valence-electron chi connectivity index (χ1n) is 8.19. The molecule has 0 aromatic heterocycles. The number of alkyl halides is 1. The van der Waals surface area contributed by atoms with E-state index >= 15 is 0 Å². The summed E-state index contributed by atoms with van der Waals surface area (Å²) in [6.07, 6.45) is 1.30. The van der Waals surface area contributed by atoms with Crippen molar-refractivity contribution in [1.29, 1.82) is 0 Å². The first-order valence-corrected chi connectivity index (χ1v) is 10.1. The van der Waals surface area contributed by atoms with Crippen LogP contribution in [0.5, 0.6) is 5.75 Å². The summed E-state index contributed by atoms with van der Waals surface area (Å²) in [6, 6.07) is 12.4. The van der Waals surface area contributed by atoms with Crippen LogP contribution in [0, 0.1) is 0 Å². The van der Waals surface area contributed by atoms with Crippen LogP contribution in [-0.2, 0) is 16.5 Å². The third kappa shape index (κ3) is 5.64. The van der Waals surface area contributed by atoms with Crippen molar-refractivity contribution in [3.05, 3.63) is 54.1 Å². The van der Waals surface area contributed by atoms with Gasteiger partial charge in [0.1, 0.15) is 10.6 Å². The van der Waals surface area contributed by atoms with Gasteiger partial charge < -0.3 is 14.8 Å². The Morgan fingerprint density at radius 3 is 2.65 bits per heavy atom. The predicted molar refractivity (Wildman–Crippen MR) is 102 cm³/mol. The van der Waals surface area contributed by atoms with Gasteiger partial charge in [0.25, 0.3) is 0 Å². The van der Waals surface area contributed by atoms with Gasteiger partial charge in [-0.15, -0.1) is 11.6 Å². The maximum Gasteiger partial charge on any atom is 0.339 e. The number of hydrogen-bond donors (Lipinski definition) is 2. The molecule has 0 unspecified atom stereocenters. The number of urea groups is 1. The Morgan fingerprint density at radius 2 is 1.92 bits per heavy atom. The molecule has 0 fully saturated rings. The number of amides is 2. The fourth-order valence-electron chi connectivity index (χ4n) is 2.22. The van der Waals surface area contributed by atoms with Gasteiger partial charge >= 0.3 is 16.1 Å². The number of rotatable bonds is 8. The zero-order valence-corrected chi connectivity index (χ0v) is 15.9.